The molecule has 2 aliphatic rings. The Morgan fingerprint density at radius 3 is 2.75 bits per heavy atom. The summed E-state index contributed by atoms with van der Waals surface area (Å²) >= 11 is 0. The molecule has 28 heavy (non-hydrogen) atoms. The Bertz CT molecular complexity index is 934. The van der Waals surface area contributed by atoms with Crippen molar-refractivity contribution in [2.24, 2.45) is 5.92 Å². The number of nitrogens with one attached hydrogen (secondary N) is 1. The predicted octanol–water partition coefficient (Wildman–Crippen LogP) is 2.29. The van der Waals surface area contributed by atoms with Crippen molar-refractivity contribution in [2.75, 3.05) is 18.0 Å². The first-order valence-corrected chi connectivity index (χ1v) is 8.89. The van der Waals surface area contributed by atoms with Crippen LogP contribution in [0.15, 0.2) is 18.2 Å². The number of hydrogen-bond acceptors (Lipinski definition) is 6. The van der Waals surface area contributed by atoms with E-state index in [1.807, 2.05) is 4.90 Å². The maximum atomic E-state index is 12.8. The molecule has 10 heteroatoms. The molecule has 0 bridgehead atoms. The van der Waals surface area contributed by atoms with Crippen molar-refractivity contribution in [3.05, 3.63) is 29.5 Å². The number of rotatable bonds is 2. The van der Waals surface area contributed by atoms with Crippen LogP contribution in [0.25, 0.3) is 11.3 Å². The van der Waals surface area contributed by atoms with E-state index in [0.717, 1.165) is 12.5 Å². The summed E-state index contributed by atoms with van der Waals surface area (Å²) in [6.45, 7) is 2.89. The summed E-state index contributed by atoms with van der Waals surface area (Å²) in [5.41, 5.74) is -0.126. The van der Waals surface area contributed by atoms with Gasteiger partial charge >= 0.3 is 6.18 Å². The van der Waals surface area contributed by atoms with E-state index in [1.165, 1.54) is 6.07 Å². The summed E-state index contributed by atoms with van der Waals surface area (Å²) in [6.07, 6.45) is -3.20. The molecule has 2 aliphatic heterocycles. The van der Waals surface area contributed by atoms with Crippen molar-refractivity contribution in [3.8, 4) is 17.0 Å². The van der Waals surface area contributed by atoms with Crippen molar-refractivity contribution >= 4 is 11.9 Å². The molecule has 148 valence electrons. The van der Waals surface area contributed by atoms with E-state index in [2.05, 4.69) is 20.5 Å². The van der Waals surface area contributed by atoms with E-state index in [9.17, 15) is 23.1 Å². The van der Waals surface area contributed by atoms with Crippen molar-refractivity contribution in [1.29, 1.82) is 0 Å². The molecule has 0 radical (unpaired) electrons. The molecule has 2 atom stereocenters. The first-order valence-electron chi connectivity index (χ1n) is 8.89. The molecule has 2 fully saturated rings. The summed E-state index contributed by atoms with van der Waals surface area (Å²) in [6, 6.07) is 2.82. The van der Waals surface area contributed by atoms with Gasteiger partial charge in [-0.2, -0.15) is 13.2 Å². The average Bonchev–Trinajstić information content (AvgIpc) is 3.04. The average molecular weight is 393 g/mol. The molecular formula is C18H18F3N5O2. The summed E-state index contributed by atoms with van der Waals surface area (Å²) < 4.78 is 38.4. The van der Waals surface area contributed by atoms with Gasteiger partial charge in [0.1, 0.15) is 11.4 Å². The molecule has 7 nitrogen and oxygen atoms in total. The Labute approximate surface area is 158 Å². The minimum absolute atomic E-state index is 0.0476. The fraction of sp³-hybridized carbons (Fsp3) is 0.444. The van der Waals surface area contributed by atoms with Gasteiger partial charge in [0.25, 0.3) is 0 Å². The zero-order chi connectivity index (χ0) is 20.1. The summed E-state index contributed by atoms with van der Waals surface area (Å²) in [4.78, 5) is 18.0. The summed E-state index contributed by atoms with van der Waals surface area (Å²) in [5, 5.41) is 21.1. The maximum Gasteiger partial charge on any atom is 0.416 e. The van der Waals surface area contributed by atoms with Gasteiger partial charge in [0, 0.05) is 25.1 Å². The Balaban J connectivity index is 1.62. The van der Waals surface area contributed by atoms with Gasteiger partial charge in [-0.05, 0) is 37.5 Å². The van der Waals surface area contributed by atoms with Crippen molar-refractivity contribution in [1.82, 2.24) is 20.5 Å². The topological polar surface area (TPSA) is 91.2 Å². The van der Waals surface area contributed by atoms with Crippen LogP contribution in [0.2, 0.25) is 0 Å². The number of hydrogen-bond donors (Lipinski definition) is 2. The quantitative estimate of drug-likeness (QED) is 0.814. The van der Waals surface area contributed by atoms with Gasteiger partial charge in [-0.25, -0.2) is 4.98 Å². The third kappa shape index (κ3) is 3.23. The lowest BCUT2D eigenvalue weighted by Crippen LogP contribution is -2.49. The van der Waals surface area contributed by atoms with Crippen LogP contribution in [0.4, 0.5) is 19.1 Å². The minimum atomic E-state index is -4.54. The van der Waals surface area contributed by atoms with Crippen LogP contribution in [-0.4, -0.2) is 45.3 Å². The zero-order valence-corrected chi connectivity index (χ0v) is 15.0. The number of amides is 1. The fourth-order valence-corrected chi connectivity index (χ4v) is 3.88. The zero-order valence-electron chi connectivity index (χ0n) is 15.0. The van der Waals surface area contributed by atoms with Gasteiger partial charge < -0.3 is 15.3 Å². The number of phenols is 1. The summed E-state index contributed by atoms with van der Waals surface area (Å²) in [5.74, 6) is 0.178. The van der Waals surface area contributed by atoms with E-state index in [1.54, 1.807) is 6.92 Å². The standard InChI is InChI=1S/C18H18F3N5O2/c1-9-16(12-3-2-11(7-14(12)27)18(19,20)21)24-25-17(23-9)26-5-4-10-6-15(28)22-8-13(10)26/h2-3,7,10,13,27H,4-6,8H2,1H3,(H,22,28)/t10-,13+/m0/s1. The lowest BCUT2D eigenvalue weighted by molar-refractivity contribution is -0.137. The molecule has 2 aromatic rings. The van der Waals surface area contributed by atoms with Crippen LogP contribution in [0.3, 0.4) is 0 Å². The normalized spacial score (nSPS) is 22.1. The number of phenolic OH excluding ortho intramolecular Hbond substituents is 1. The van der Waals surface area contributed by atoms with Gasteiger partial charge in [-0.1, -0.05) is 0 Å². The lowest BCUT2D eigenvalue weighted by atomic mass is 9.93. The smallest absolute Gasteiger partial charge is 0.416 e. The Hall–Kier alpha value is -2.91. The molecule has 2 saturated heterocycles. The number of halogens is 3. The molecule has 0 saturated carbocycles. The molecule has 0 spiro atoms. The Morgan fingerprint density at radius 2 is 2.07 bits per heavy atom. The van der Waals surface area contributed by atoms with Crippen LogP contribution in [0, 0.1) is 12.8 Å². The molecule has 1 aromatic carbocycles. The number of fused-ring (bicyclic) bond motifs is 1. The van der Waals surface area contributed by atoms with Gasteiger partial charge in [0.2, 0.25) is 11.9 Å². The molecule has 2 N–H and O–H groups in total. The molecular weight excluding hydrogens is 375 g/mol. The first kappa shape index (κ1) is 18.5. The number of benzene rings is 1. The van der Waals surface area contributed by atoms with Gasteiger partial charge in [-0.15, -0.1) is 10.2 Å². The largest absolute Gasteiger partial charge is 0.507 e. The van der Waals surface area contributed by atoms with Gasteiger partial charge in [0.15, 0.2) is 0 Å². The highest BCUT2D eigenvalue weighted by molar-refractivity contribution is 5.77. The second-order valence-corrected chi connectivity index (χ2v) is 7.09. The third-order valence-electron chi connectivity index (χ3n) is 5.33. The molecule has 1 aromatic heterocycles. The van der Waals surface area contributed by atoms with Crippen molar-refractivity contribution in [3.63, 3.8) is 0 Å². The highest BCUT2D eigenvalue weighted by atomic mass is 19.4. The minimum Gasteiger partial charge on any atom is -0.507 e. The van der Waals surface area contributed by atoms with Gasteiger partial charge in [-0.3, -0.25) is 4.79 Å². The predicted molar refractivity (Wildman–Crippen MR) is 93.5 cm³/mol. The molecule has 0 unspecified atom stereocenters. The monoisotopic (exact) mass is 393 g/mol. The molecule has 0 aliphatic carbocycles. The highest BCUT2D eigenvalue weighted by Gasteiger charge is 2.40. The second kappa shape index (κ2) is 6.61. The molecule has 1 amide bonds. The number of carbonyl (C=O) groups is 1. The van der Waals surface area contributed by atoms with Crippen LogP contribution in [-0.2, 0) is 11.0 Å². The van der Waals surface area contributed by atoms with Crippen LogP contribution in [0.1, 0.15) is 24.1 Å². The molecule has 3 heterocycles. The number of alkyl halides is 3. The van der Waals surface area contributed by atoms with Crippen LogP contribution >= 0.6 is 0 Å². The maximum absolute atomic E-state index is 12.8. The molecule has 4 rings (SSSR count). The summed E-state index contributed by atoms with van der Waals surface area (Å²) in [7, 11) is 0. The van der Waals surface area contributed by atoms with Crippen LogP contribution in [0.5, 0.6) is 5.75 Å². The number of nitrogens with zero attached hydrogens (tertiary/aromatic N) is 4. The highest BCUT2D eigenvalue weighted by Crippen LogP contribution is 2.37. The van der Waals surface area contributed by atoms with Crippen molar-refractivity contribution in [2.45, 2.75) is 32.0 Å². The van der Waals surface area contributed by atoms with E-state index in [0.29, 0.717) is 37.2 Å². The van der Waals surface area contributed by atoms with E-state index in [4.69, 9.17) is 0 Å². The number of piperidine rings is 1. The fourth-order valence-electron chi connectivity index (χ4n) is 3.88. The SMILES string of the molecule is Cc1nc(N2CC[C@H]3CC(=O)NC[C@H]32)nnc1-c1ccc(C(F)(F)F)cc1O. The number of aromatic hydroxyl groups is 1. The lowest BCUT2D eigenvalue weighted by Gasteiger charge is -2.31. The number of carbonyl (C=O) groups excluding carboxylic acids is 1. The Morgan fingerprint density at radius 1 is 1.29 bits per heavy atom. The number of aryl methyl sites for hydroxylation is 1. The van der Waals surface area contributed by atoms with Crippen molar-refractivity contribution < 1.29 is 23.1 Å². The Kier molecular flexibility index (Phi) is 4.35. The van der Waals surface area contributed by atoms with Crippen LogP contribution < -0.4 is 10.2 Å². The second-order valence-electron chi connectivity index (χ2n) is 7.09. The number of aromatic nitrogens is 3. The van der Waals surface area contributed by atoms with E-state index >= 15 is 0 Å². The number of anilines is 1. The first-order chi connectivity index (χ1) is 13.2. The van der Waals surface area contributed by atoms with E-state index in [-0.39, 0.29) is 29.1 Å². The van der Waals surface area contributed by atoms with Gasteiger partial charge in [0.05, 0.1) is 17.3 Å². The van der Waals surface area contributed by atoms with E-state index < -0.39 is 17.5 Å². The third-order valence-corrected chi connectivity index (χ3v) is 5.33.